The molecule has 4 heteroatoms. The molecule has 0 aliphatic carbocycles. The fraction of sp³-hybridized carbons (Fsp3) is 0. The van der Waals surface area contributed by atoms with Crippen LogP contribution in [-0.2, 0) is 0 Å². The Balaban J connectivity index is 1.18. The highest BCUT2D eigenvalue weighted by atomic mass is 15.1. The van der Waals surface area contributed by atoms with E-state index in [4.69, 9.17) is 4.98 Å². The normalized spacial score (nSPS) is 12.1. The predicted molar refractivity (Wildman–Crippen MR) is 265 cm³/mol. The van der Waals surface area contributed by atoms with Gasteiger partial charge in [-0.2, -0.15) is 0 Å². The van der Waals surface area contributed by atoms with Gasteiger partial charge < -0.3 is 9.13 Å². The van der Waals surface area contributed by atoms with Crippen molar-refractivity contribution in [2.45, 2.75) is 0 Å². The Morgan fingerprint density at radius 1 is 0.270 bits per heavy atom. The van der Waals surface area contributed by atoms with Crippen molar-refractivity contribution in [2.75, 3.05) is 0 Å². The van der Waals surface area contributed by atoms with Crippen LogP contribution in [0.4, 0.5) is 0 Å². The third-order valence-corrected chi connectivity index (χ3v) is 13.4. The molecule has 0 saturated heterocycles. The molecule has 14 rings (SSSR count). The summed E-state index contributed by atoms with van der Waals surface area (Å²) in [6.45, 7) is 0. The van der Waals surface area contributed by atoms with Crippen LogP contribution in [-0.4, -0.2) is 18.7 Å². The second kappa shape index (κ2) is 13.0. The molecule has 292 valence electrons. The number of nitrogens with zero attached hydrogens (tertiary/aromatic N) is 4. The van der Waals surface area contributed by atoms with Crippen molar-refractivity contribution in [2.24, 2.45) is 0 Å². The van der Waals surface area contributed by atoms with Crippen LogP contribution >= 0.6 is 0 Å². The molecule has 0 amide bonds. The van der Waals surface area contributed by atoms with Crippen molar-refractivity contribution in [3.8, 4) is 28.5 Å². The van der Waals surface area contributed by atoms with E-state index in [1.54, 1.807) is 0 Å². The Kier molecular flexibility index (Phi) is 7.08. The molecule has 0 fully saturated rings. The van der Waals surface area contributed by atoms with Gasteiger partial charge in [-0.05, 0) is 99.0 Å². The number of hydrogen-bond donors (Lipinski definition) is 0. The molecule has 0 aliphatic rings. The Morgan fingerprint density at radius 2 is 0.683 bits per heavy atom. The van der Waals surface area contributed by atoms with E-state index in [0.29, 0.717) is 0 Å². The molecule has 0 spiro atoms. The quantitative estimate of drug-likeness (QED) is 0.129. The smallest absolute Gasteiger partial charge is 0.147 e. The number of fused-ring (bicyclic) bond motifs is 14. The molecule has 0 radical (unpaired) electrons. The third-order valence-electron chi connectivity index (χ3n) is 13.4. The van der Waals surface area contributed by atoms with Gasteiger partial charge in [-0.15, -0.1) is 0 Å². The molecule has 3 aromatic heterocycles. The second-order valence-corrected chi connectivity index (χ2v) is 16.7. The van der Waals surface area contributed by atoms with E-state index in [1.165, 1.54) is 75.9 Å². The van der Waals surface area contributed by atoms with Crippen LogP contribution in [0.5, 0.6) is 0 Å². The molecule has 0 aliphatic heterocycles. The average molecular weight is 801 g/mol. The van der Waals surface area contributed by atoms with Crippen LogP contribution in [0, 0.1) is 0 Å². The van der Waals surface area contributed by atoms with Gasteiger partial charge in [0, 0.05) is 54.9 Å². The number of rotatable bonds is 4. The highest BCUT2D eigenvalue weighted by Crippen LogP contribution is 2.45. The number of hydrogen-bond acceptors (Lipinski definition) is 1. The summed E-state index contributed by atoms with van der Waals surface area (Å²) in [4.78, 5) is 5.92. The zero-order valence-electron chi connectivity index (χ0n) is 34.1. The van der Waals surface area contributed by atoms with Gasteiger partial charge in [-0.1, -0.05) is 152 Å². The molecule has 14 aromatic rings. The van der Waals surface area contributed by atoms with Gasteiger partial charge >= 0.3 is 0 Å². The van der Waals surface area contributed by atoms with Crippen LogP contribution in [0.2, 0.25) is 0 Å². The molecule has 0 N–H and O–H groups in total. The zero-order chi connectivity index (χ0) is 41.2. The third kappa shape index (κ3) is 4.83. The van der Waals surface area contributed by atoms with E-state index in [-0.39, 0.29) is 0 Å². The Hall–Kier alpha value is -8.47. The Bertz CT molecular complexity index is 4040. The first-order valence-electron chi connectivity index (χ1n) is 21.6. The summed E-state index contributed by atoms with van der Waals surface area (Å²) in [5, 5.41) is 14.3. The summed E-state index contributed by atoms with van der Waals surface area (Å²) in [6, 6.07) is 79.7. The fourth-order valence-corrected chi connectivity index (χ4v) is 10.7. The number of imidazole rings is 1. The van der Waals surface area contributed by atoms with Gasteiger partial charge in [-0.25, -0.2) is 4.98 Å². The van der Waals surface area contributed by atoms with E-state index in [2.05, 4.69) is 232 Å². The highest BCUT2D eigenvalue weighted by molar-refractivity contribution is 6.26. The lowest BCUT2D eigenvalue weighted by molar-refractivity contribution is 1.11. The maximum atomic E-state index is 5.92. The van der Waals surface area contributed by atoms with Crippen molar-refractivity contribution in [3.05, 3.63) is 218 Å². The van der Waals surface area contributed by atoms with Crippen molar-refractivity contribution < 1.29 is 0 Å². The summed E-state index contributed by atoms with van der Waals surface area (Å²) in [5.74, 6) is 0.919. The summed E-state index contributed by atoms with van der Waals surface area (Å²) in [7, 11) is 0. The lowest BCUT2D eigenvalue weighted by atomic mass is 9.96. The molecule has 0 atom stereocenters. The van der Waals surface area contributed by atoms with Gasteiger partial charge in [0.25, 0.3) is 0 Å². The Morgan fingerprint density at radius 3 is 1.19 bits per heavy atom. The number of benzene rings is 11. The number of aromatic nitrogens is 4. The van der Waals surface area contributed by atoms with E-state index >= 15 is 0 Å². The van der Waals surface area contributed by atoms with Crippen molar-refractivity contribution >= 4 is 97.7 Å². The molecule has 63 heavy (non-hydrogen) atoms. The van der Waals surface area contributed by atoms with E-state index < -0.39 is 0 Å². The van der Waals surface area contributed by atoms with Gasteiger partial charge in [0.05, 0.1) is 33.1 Å². The largest absolute Gasteiger partial charge is 0.309 e. The van der Waals surface area contributed by atoms with Crippen LogP contribution in [0.15, 0.2) is 218 Å². The van der Waals surface area contributed by atoms with Gasteiger partial charge in [0.2, 0.25) is 0 Å². The van der Waals surface area contributed by atoms with E-state index in [0.717, 1.165) is 50.3 Å². The SMILES string of the molecule is c1ccc(-n2c(-c3c4ccccc4cc4ccccc34)nc3c4cc(-n5c6ccccc6c6ccccc65)ccc4c4ccc(-n5c6ccccc6c6ccccc65)cc4c32)cc1. The maximum Gasteiger partial charge on any atom is 0.147 e. The molecular weight excluding hydrogens is 765 g/mol. The molecule has 0 unspecified atom stereocenters. The minimum absolute atomic E-state index is 0.919. The van der Waals surface area contributed by atoms with Crippen molar-refractivity contribution in [1.29, 1.82) is 0 Å². The van der Waals surface area contributed by atoms with E-state index in [1.807, 2.05) is 0 Å². The molecule has 0 bridgehead atoms. The average Bonchev–Trinajstić information content (AvgIpc) is 4.02. The van der Waals surface area contributed by atoms with Crippen LogP contribution in [0.3, 0.4) is 0 Å². The van der Waals surface area contributed by atoms with Crippen molar-refractivity contribution in [1.82, 2.24) is 18.7 Å². The van der Waals surface area contributed by atoms with Crippen LogP contribution < -0.4 is 0 Å². The summed E-state index contributed by atoms with van der Waals surface area (Å²) < 4.78 is 7.28. The molecule has 3 heterocycles. The first kappa shape index (κ1) is 34.3. The maximum absolute atomic E-state index is 5.92. The Labute approximate surface area is 361 Å². The monoisotopic (exact) mass is 800 g/mol. The summed E-state index contributed by atoms with van der Waals surface area (Å²) in [5.41, 5.74) is 11.2. The van der Waals surface area contributed by atoms with Crippen LogP contribution in [0.25, 0.3) is 126 Å². The molecule has 4 nitrogen and oxygen atoms in total. The summed E-state index contributed by atoms with van der Waals surface area (Å²) >= 11 is 0. The van der Waals surface area contributed by atoms with Gasteiger partial charge in [0.15, 0.2) is 0 Å². The first-order chi connectivity index (χ1) is 31.3. The molecule has 11 aromatic carbocycles. The van der Waals surface area contributed by atoms with Crippen LogP contribution in [0.1, 0.15) is 0 Å². The summed E-state index contributed by atoms with van der Waals surface area (Å²) in [6.07, 6.45) is 0. The lowest BCUT2D eigenvalue weighted by Gasteiger charge is -2.17. The molecule has 0 saturated carbocycles. The van der Waals surface area contributed by atoms with E-state index in [9.17, 15) is 0 Å². The fourth-order valence-electron chi connectivity index (χ4n) is 10.7. The number of para-hydroxylation sites is 5. The minimum Gasteiger partial charge on any atom is -0.309 e. The van der Waals surface area contributed by atoms with Gasteiger partial charge in [-0.3, -0.25) is 4.57 Å². The minimum atomic E-state index is 0.919. The predicted octanol–water partition coefficient (Wildman–Crippen LogP) is 15.5. The highest BCUT2D eigenvalue weighted by Gasteiger charge is 2.25. The van der Waals surface area contributed by atoms with Gasteiger partial charge in [0.1, 0.15) is 5.82 Å². The molecular formula is C59H36N4. The topological polar surface area (TPSA) is 27.7 Å². The zero-order valence-corrected chi connectivity index (χ0v) is 34.1. The lowest BCUT2D eigenvalue weighted by Crippen LogP contribution is -2.00. The second-order valence-electron chi connectivity index (χ2n) is 16.7. The standard InChI is InChI=1S/C59H36N4/c1-2-18-39(19-3-1)63-58-51-36-41(62-54-28-14-10-24-48(54)49-25-11-15-29-55(49)62)31-33-45(51)44-32-30-40(61-52-26-12-8-22-46(52)47-23-9-13-27-53(47)61)35-50(44)57(58)60-59(63)56-42-20-6-4-16-37(42)34-38-17-5-7-21-43(38)56/h1-36H. The van der Waals surface area contributed by atoms with Crippen molar-refractivity contribution in [3.63, 3.8) is 0 Å². The first-order valence-corrected chi connectivity index (χ1v) is 21.6.